The number of rotatable bonds is 5. The average Bonchev–Trinajstić information content (AvgIpc) is 2.42. The molecule has 21 heavy (non-hydrogen) atoms. The number of halogens is 1. The van der Waals surface area contributed by atoms with Crippen molar-refractivity contribution in [3.8, 4) is 11.8 Å². The third-order valence-electron chi connectivity index (χ3n) is 2.85. The van der Waals surface area contributed by atoms with Crippen LogP contribution in [-0.2, 0) is 9.53 Å². The fourth-order valence-electron chi connectivity index (χ4n) is 1.58. The summed E-state index contributed by atoms with van der Waals surface area (Å²) in [6.07, 6.45) is 0.463. The molecule has 0 aliphatic carbocycles. The van der Waals surface area contributed by atoms with Gasteiger partial charge >= 0.3 is 0 Å². The highest BCUT2D eigenvalue weighted by Crippen LogP contribution is 2.17. The van der Waals surface area contributed by atoms with E-state index in [9.17, 15) is 9.18 Å². The van der Waals surface area contributed by atoms with E-state index in [4.69, 9.17) is 9.84 Å². The third kappa shape index (κ3) is 5.94. The molecule has 1 aromatic rings. The largest absolute Gasteiger partial charge is 0.395 e. The minimum atomic E-state index is -0.562. The van der Waals surface area contributed by atoms with Crippen molar-refractivity contribution in [2.75, 3.05) is 19.0 Å². The second-order valence-corrected chi connectivity index (χ2v) is 5.16. The maximum Gasteiger partial charge on any atom is 0.227 e. The molecule has 4 nitrogen and oxygen atoms in total. The number of hydrogen-bond acceptors (Lipinski definition) is 3. The van der Waals surface area contributed by atoms with Crippen LogP contribution in [-0.4, -0.2) is 30.3 Å². The van der Waals surface area contributed by atoms with Crippen LogP contribution in [0, 0.1) is 17.7 Å². The van der Waals surface area contributed by atoms with Gasteiger partial charge in [-0.15, -0.1) is 0 Å². The van der Waals surface area contributed by atoms with Gasteiger partial charge in [-0.3, -0.25) is 4.79 Å². The third-order valence-corrected chi connectivity index (χ3v) is 2.85. The fourth-order valence-corrected chi connectivity index (χ4v) is 1.58. The summed E-state index contributed by atoms with van der Waals surface area (Å²) in [5.74, 6) is 4.59. The van der Waals surface area contributed by atoms with Crippen molar-refractivity contribution in [2.24, 2.45) is 0 Å². The van der Waals surface area contributed by atoms with Crippen molar-refractivity contribution in [1.29, 1.82) is 0 Å². The molecule has 114 valence electrons. The number of carbonyl (C=O) groups excluding carboxylic acids is 1. The van der Waals surface area contributed by atoms with Gasteiger partial charge in [-0.2, -0.15) is 0 Å². The van der Waals surface area contributed by atoms with Gasteiger partial charge in [0.2, 0.25) is 5.91 Å². The van der Waals surface area contributed by atoms with E-state index in [0.717, 1.165) is 0 Å². The topological polar surface area (TPSA) is 58.6 Å². The van der Waals surface area contributed by atoms with Gasteiger partial charge in [0.25, 0.3) is 0 Å². The zero-order valence-corrected chi connectivity index (χ0v) is 12.5. The van der Waals surface area contributed by atoms with E-state index >= 15 is 0 Å². The summed E-state index contributed by atoms with van der Waals surface area (Å²) in [5.41, 5.74) is 0.0993. The van der Waals surface area contributed by atoms with Gasteiger partial charge in [-0.05, 0) is 32.0 Å². The van der Waals surface area contributed by atoms with Crippen LogP contribution in [0.25, 0.3) is 0 Å². The van der Waals surface area contributed by atoms with Crippen LogP contribution in [0.1, 0.15) is 32.3 Å². The number of benzene rings is 1. The molecule has 1 aromatic carbocycles. The van der Waals surface area contributed by atoms with Crippen molar-refractivity contribution in [3.05, 3.63) is 29.6 Å². The lowest BCUT2D eigenvalue weighted by molar-refractivity contribution is -0.121. The molecule has 0 saturated carbocycles. The first kappa shape index (κ1) is 17.2. The molecule has 0 aliphatic heterocycles. The van der Waals surface area contributed by atoms with Crippen LogP contribution in [0.4, 0.5) is 10.1 Å². The van der Waals surface area contributed by atoms with E-state index in [1.54, 1.807) is 7.11 Å². The Hall–Kier alpha value is -1.90. The molecule has 0 unspecified atom stereocenters. The number of nitrogens with one attached hydrogen (secondary N) is 1. The molecule has 5 heteroatoms. The lowest BCUT2D eigenvalue weighted by Crippen LogP contribution is -2.29. The van der Waals surface area contributed by atoms with Gasteiger partial charge in [0, 0.05) is 19.2 Å². The molecule has 0 saturated heterocycles. The molecule has 1 amide bonds. The molecule has 0 spiro atoms. The van der Waals surface area contributed by atoms with E-state index in [1.165, 1.54) is 18.2 Å². The molecular weight excluding hydrogens is 273 g/mol. The van der Waals surface area contributed by atoms with Crippen molar-refractivity contribution >= 4 is 11.6 Å². The molecule has 0 radical (unpaired) electrons. The van der Waals surface area contributed by atoms with E-state index in [1.807, 2.05) is 13.8 Å². The van der Waals surface area contributed by atoms with Gasteiger partial charge in [-0.1, -0.05) is 11.8 Å². The van der Waals surface area contributed by atoms with E-state index in [2.05, 4.69) is 17.2 Å². The molecule has 0 heterocycles. The van der Waals surface area contributed by atoms with Crippen LogP contribution in [0.3, 0.4) is 0 Å². The number of hydrogen-bond donors (Lipinski definition) is 2. The quantitative estimate of drug-likeness (QED) is 0.819. The Balaban J connectivity index is 2.79. The SMILES string of the molecule is COC(C)(C)CC(=O)Nc1ccc(F)c(C#CCCO)c1. The summed E-state index contributed by atoms with van der Waals surface area (Å²) in [6.45, 7) is 3.54. The summed E-state index contributed by atoms with van der Waals surface area (Å²) in [7, 11) is 1.54. The van der Waals surface area contributed by atoms with Gasteiger partial charge in [-0.25, -0.2) is 4.39 Å². The number of ether oxygens (including phenoxy) is 1. The summed E-state index contributed by atoms with van der Waals surface area (Å²) in [6, 6.07) is 4.20. The highest BCUT2D eigenvalue weighted by Gasteiger charge is 2.21. The molecule has 2 N–H and O–H groups in total. The number of aliphatic hydroxyl groups excluding tert-OH is 1. The van der Waals surface area contributed by atoms with Crippen molar-refractivity contribution in [1.82, 2.24) is 0 Å². The van der Waals surface area contributed by atoms with Gasteiger partial charge in [0.05, 0.1) is 24.2 Å². The predicted molar refractivity (Wildman–Crippen MR) is 79.3 cm³/mol. The van der Waals surface area contributed by atoms with Crippen LogP contribution >= 0.6 is 0 Å². The van der Waals surface area contributed by atoms with E-state index in [0.29, 0.717) is 5.69 Å². The van der Waals surface area contributed by atoms with Crippen LogP contribution in [0.5, 0.6) is 0 Å². The minimum Gasteiger partial charge on any atom is -0.395 e. The normalized spacial score (nSPS) is 10.7. The highest BCUT2D eigenvalue weighted by atomic mass is 19.1. The van der Waals surface area contributed by atoms with Crippen molar-refractivity contribution in [3.63, 3.8) is 0 Å². The smallest absolute Gasteiger partial charge is 0.227 e. The van der Waals surface area contributed by atoms with Crippen molar-refractivity contribution in [2.45, 2.75) is 32.3 Å². The number of aliphatic hydroxyl groups is 1. The zero-order chi connectivity index (χ0) is 15.9. The Morgan fingerprint density at radius 2 is 2.19 bits per heavy atom. The number of anilines is 1. The fraction of sp³-hybridized carbons (Fsp3) is 0.438. The first-order valence-corrected chi connectivity index (χ1v) is 6.62. The molecular formula is C16H20FNO3. The first-order chi connectivity index (χ1) is 9.88. The van der Waals surface area contributed by atoms with Crippen LogP contribution in [0.15, 0.2) is 18.2 Å². The summed E-state index contributed by atoms with van der Waals surface area (Å²) in [5, 5.41) is 11.3. The summed E-state index contributed by atoms with van der Waals surface area (Å²) >= 11 is 0. The predicted octanol–water partition coefficient (Wildman–Crippen LogP) is 2.31. The Labute approximate surface area is 124 Å². The first-order valence-electron chi connectivity index (χ1n) is 6.62. The van der Waals surface area contributed by atoms with E-state index in [-0.39, 0.29) is 30.9 Å². The molecule has 1 rings (SSSR count). The number of carbonyl (C=O) groups is 1. The van der Waals surface area contributed by atoms with Crippen LogP contribution in [0.2, 0.25) is 0 Å². The van der Waals surface area contributed by atoms with E-state index < -0.39 is 11.4 Å². The monoisotopic (exact) mass is 293 g/mol. The summed E-state index contributed by atoms with van der Waals surface area (Å²) in [4.78, 5) is 11.9. The second-order valence-electron chi connectivity index (χ2n) is 5.16. The summed E-state index contributed by atoms with van der Waals surface area (Å²) < 4.78 is 18.7. The van der Waals surface area contributed by atoms with Gasteiger partial charge in [0.1, 0.15) is 5.82 Å². The zero-order valence-electron chi connectivity index (χ0n) is 12.5. The Kier molecular flexibility index (Phi) is 6.35. The Morgan fingerprint density at radius 3 is 2.81 bits per heavy atom. The second kappa shape index (κ2) is 7.77. The minimum absolute atomic E-state index is 0.0723. The molecule has 0 bridgehead atoms. The maximum absolute atomic E-state index is 13.6. The number of methoxy groups -OCH3 is 1. The number of amides is 1. The molecule has 0 atom stereocenters. The molecule has 0 aromatic heterocycles. The molecule has 0 fully saturated rings. The van der Waals surface area contributed by atoms with Gasteiger partial charge < -0.3 is 15.2 Å². The molecule has 0 aliphatic rings. The highest BCUT2D eigenvalue weighted by molar-refractivity contribution is 5.91. The standard InChI is InChI=1S/C16H20FNO3/c1-16(2,21-3)11-15(20)18-13-7-8-14(17)12(10-13)6-4-5-9-19/h7-8,10,19H,5,9,11H2,1-3H3,(H,18,20). The van der Waals surface area contributed by atoms with Crippen LogP contribution < -0.4 is 5.32 Å². The average molecular weight is 293 g/mol. The van der Waals surface area contributed by atoms with Crippen molar-refractivity contribution < 1.29 is 19.0 Å². The Bertz CT molecular complexity index is 558. The maximum atomic E-state index is 13.6. The lowest BCUT2D eigenvalue weighted by atomic mass is 10.0. The lowest BCUT2D eigenvalue weighted by Gasteiger charge is -2.21. The Morgan fingerprint density at radius 1 is 1.48 bits per heavy atom. The van der Waals surface area contributed by atoms with Gasteiger partial charge in [0.15, 0.2) is 0 Å².